The summed E-state index contributed by atoms with van der Waals surface area (Å²) in [6.07, 6.45) is -2.70. The Labute approximate surface area is 207 Å². The number of aryl methyl sites for hydroxylation is 1. The summed E-state index contributed by atoms with van der Waals surface area (Å²) in [6, 6.07) is 22.4. The van der Waals surface area contributed by atoms with Crippen LogP contribution in [0.5, 0.6) is 0 Å². The summed E-state index contributed by atoms with van der Waals surface area (Å²) in [5.41, 5.74) is 2.80. The molecule has 0 spiro atoms. The second-order valence-electron chi connectivity index (χ2n) is 8.47. The Morgan fingerprint density at radius 3 is 2.14 bits per heavy atom. The normalized spacial score (nSPS) is 12.0. The number of alkyl halides is 3. The summed E-state index contributed by atoms with van der Waals surface area (Å²) in [7, 11) is -3.34. The fourth-order valence-electron chi connectivity index (χ4n) is 3.79. The van der Waals surface area contributed by atoms with Crippen LogP contribution in [0.3, 0.4) is 0 Å². The molecule has 0 radical (unpaired) electrons. The van der Waals surface area contributed by atoms with Crippen molar-refractivity contribution in [2.24, 2.45) is 0 Å². The quantitative estimate of drug-likeness (QED) is 0.304. The third-order valence-corrected chi connectivity index (χ3v) is 6.81. The Balaban J connectivity index is 1.52. The maximum Gasteiger partial charge on any atom is 0.416 e. The summed E-state index contributed by atoms with van der Waals surface area (Å²) >= 11 is 0. The molecule has 0 fully saturated rings. The van der Waals surface area contributed by atoms with Gasteiger partial charge < -0.3 is 0 Å². The van der Waals surface area contributed by atoms with E-state index in [1.54, 1.807) is 16.8 Å². The van der Waals surface area contributed by atoms with Crippen LogP contribution in [-0.4, -0.2) is 30.2 Å². The zero-order chi connectivity index (χ0) is 25.9. The van der Waals surface area contributed by atoms with Gasteiger partial charge >= 0.3 is 6.18 Å². The van der Waals surface area contributed by atoms with Crippen molar-refractivity contribution in [3.05, 3.63) is 102 Å². The first kappa shape index (κ1) is 25.4. The van der Waals surface area contributed by atoms with Crippen LogP contribution in [0.2, 0.25) is 0 Å². The van der Waals surface area contributed by atoms with Gasteiger partial charge in [0.25, 0.3) is 0 Å². The number of halogens is 3. The number of hydrogen-bond acceptors (Lipinski definition) is 4. The molecule has 1 heterocycles. The lowest BCUT2D eigenvalue weighted by molar-refractivity contribution is -0.137. The molecule has 0 amide bonds. The molecule has 4 rings (SSSR count). The Kier molecular flexibility index (Phi) is 7.12. The van der Waals surface area contributed by atoms with Gasteiger partial charge in [-0.1, -0.05) is 42.5 Å². The summed E-state index contributed by atoms with van der Waals surface area (Å²) in [4.78, 5) is 12.7. The number of rotatable bonds is 8. The lowest BCUT2D eigenvalue weighted by Crippen LogP contribution is -2.07. The van der Waals surface area contributed by atoms with Gasteiger partial charge in [-0.05, 0) is 54.4 Å². The highest BCUT2D eigenvalue weighted by Crippen LogP contribution is 2.29. The number of sulfone groups is 1. The molecule has 4 aromatic rings. The van der Waals surface area contributed by atoms with Crippen molar-refractivity contribution in [3.63, 3.8) is 0 Å². The molecule has 0 aliphatic heterocycles. The number of carbonyl (C=O) groups excluding carboxylic acids is 1. The molecule has 0 saturated carbocycles. The lowest BCUT2D eigenvalue weighted by Gasteiger charge is -2.08. The van der Waals surface area contributed by atoms with Crippen LogP contribution in [-0.2, 0) is 33.6 Å². The van der Waals surface area contributed by atoms with Crippen molar-refractivity contribution < 1.29 is 26.4 Å². The SMILES string of the molecule is CS(=O)(=O)c1ccc(-n2nc(CCC(=O)Cc3ccc(C(F)(F)F)cc3)cc2-c2ccccc2)cc1. The first-order valence-corrected chi connectivity index (χ1v) is 13.0. The van der Waals surface area contributed by atoms with Crippen LogP contribution in [0, 0.1) is 0 Å². The van der Waals surface area contributed by atoms with E-state index >= 15 is 0 Å². The Bertz CT molecular complexity index is 1460. The fourth-order valence-corrected chi connectivity index (χ4v) is 4.42. The molecular formula is C27H23F3N2O3S. The van der Waals surface area contributed by atoms with Crippen molar-refractivity contribution in [2.45, 2.75) is 30.3 Å². The molecule has 0 N–H and O–H groups in total. The number of Topliss-reactive ketones (excluding diaryl/α,β-unsaturated/α-hetero) is 1. The minimum Gasteiger partial charge on any atom is -0.299 e. The van der Waals surface area contributed by atoms with E-state index in [-0.39, 0.29) is 23.5 Å². The van der Waals surface area contributed by atoms with Crippen LogP contribution < -0.4 is 0 Å². The van der Waals surface area contributed by atoms with E-state index < -0.39 is 21.6 Å². The number of nitrogens with zero attached hydrogens (tertiary/aromatic N) is 2. The Hall–Kier alpha value is -3.72. The van der Waals surface area contributed by atoms with E-state index in [0.29, 0.717) is 23.4 Å². The summed E-state index contributed by atoms with van der Waals surface area (Å²) < 4.78 is 63.5. The van der Waals surface area contributed by atoms with Gasteiger partial charge in [-0.15, -0.1) is 0 Å². The fraction of sp³-hybridized carbons (Fsp3) is 0.185. The van der Waals surface area contributed by atoms with E-state index in [9.17, 15) is 26.4 Å². The van der Waals surface area contributed by atoms with Crippen molar-refractivity contribution in [2.75, 3.05) is 6.26 Å². The topological polar surface area (TPSA) is 69.0 Å². The highest BCUT2D eigenvalue weighted by molar-refractivity contribution is 7.90. The molecule has 1 aromatic heterocycles. The second kappa shape index (κ2) is 10.1. The maximum atomic E-state index is 12.7. The first-order valence-electron chi connectivity index (χ1n) is 11.1. The number of aromatic nitrogens is 2. The molecule has 5 nitrogen and oxygen atoms in total. The molecule has 186 valence electrons. The van der Waals surface area contributed by atoms with Crippen molar-refractivity contribution >= 4 is 15.6 Å². The summed E-state index contributed by atoms with van der Waals surface area (Å²) in [5.74, 6) is -0.108. The molecule has 0 aliphatic carbocycles. The molecule has 0 unspecified atom stereocenters. The minimum atomic E-state index is -4.41. The smallest absolute Gasteiger partial charge is 0.299 e. The molecule has 0 aliphatic rings. The van der Waals surface area contributed by atoms with E-state index in [0.717, 1.165) is 29.6 Å². The largest absolute Gasteiger partial charge is 0.416 e. The highest BCUT2D eigenvalue weighted by Gasteiger charge is 2.30. The van der Waals surface area contributed by atoms with Gasteiger partial charge in [0.15, 0.2) is 9.84 Å². The van der Waals surface area contributed by atoms with Gasteiger partial charge in [-0.25, -0.2) is 13.1 Å². The van der Waals surface area contributed by atoms with E-state index in [4.69, 9.17) is 0 Å². The predicted molar refractivity (Wildman–Crippen MR) is 131 cm³/mol. The molecule has 9 heteroatoms. The van der Waals surface area contributed by atoms with E-state index in [1.807, 2.05) is 36.4 Å². The number of ketones is 1. The third-order valence-electron chi connectivity index (χ3n) is 5.68. The van der Waals surface area contributed by atoms with Crippen LogP contribution in [0.15, 0.2) is 89.8 Å². The minimum absolute atomic E-state index is 0.0390. The average molecular weight is 513 g/mol. The van der Waals surface area contributed by atoms with Gasteiger partial charge in [0.2, 0.25) is 0 Å². The predicted octanol–water partition coefficient (Wildman–Crippen LogP) is 5.71. The van der Waals surface area contributed by atoms with Crippen LogP contribution >= 0.6 is 0 Å². The van der Waals surface area contributed by atoms with Gasteiger partial charge in [0, 0.05) is 24.7 Å². The molecule has 0 atom stereocenters. The standard InChI is InChI=1S/C27H23F3N2O3S/c1-36(34,35)25-15-12-23(13-16-25)32-26(20-5-3-2-4-6-20)18-22(31-32)11-14-24(33)17-19-7-9-21(10-8-19)27(28,29)30/h2-10,12-13,15-16,18H,11,14,17H2,1H3. The van der Waals surface area contributed by atoms with E-state index in [2.05, 4.69) is 5.10 Å². The average Bonchev–Trinajstić information content (AvgIpc) is 3.27. The molecule has 36 heavy (non-hydrogen) atoms. The van der Waals surface area contributed by atoms with Crippen molar-refractivity contribution in [1.82, 2.24) is 9.78 Å². The van der Waals surface area contributed by atoms with E-state index in [1.165, 1.54) is 24.3 Å². The monoisotopic (exact) mass is 512 g/mol. The molecule has 0 bridgehead atoms. The zero-order valence-corrected chi connectivity index (χ0v) is 20.2. The van der Waals surface area contributed by atoms with Gasteiger partial charge in [-0.2, -0.15) is 18.3 Å². The number of benzene rings is 3. The number of carbonyl (C=O) groups is 1. The first-order chi connectivity index (χ1) is 17.0. The van der Waals surface area contributed by atoms with Crippen LogP contribution in [0.25, 0.3) is 16.9 Å². The zero-order valence-electron chi connectivity index (χ0n) is 19.4. The Morgan fingerprint density at radius 1 is 0.917 bits per heavy atom. The molecule has 0 saturated heterocycles. The molecule has 3 aromatic carbocycles. The van der Waals surface area contributed by atoms with Crippen LogP contribution in [0.4, 0.5) is 13.2 Å². The van der Waals surface area contributed by atoms with Gasteiger partial charge in [-0.3, -0.25) is 4.79 Å². The third kappa shape index (κ3) is 6.09. The lowest BCUT2D eigenvalue weighted by atomic mass is 10.0. The number of hydrogen-bond donors (Lipinski definition) is 0. The molecular weight excluding hydrogens is 489 g/mol. The van der Waals surface area contributed by atoms with Crippen molar-refractivity contribution in [1.29, 1.82) is 0 Å². The summed E-state index contributed by atoms with van der Waals surface area (Å²) in [6.45, 7) is 0. The highest BCUT2D eigenvalue weighted by atomic mass is 32.2. The second-order valence-corrected chi connectivity index (χ2v) is 10.5. The van der Waals surface area contributed by atoms with Gasteiger partial charge in [0.1, 0.15) is 5.78 Å². The van der Waals surface area contributed by atoms with Gasteiger partial charge in [0.05, 0.1) is 27.5 Å². The summed E-state index contributed by atoms with van der Waals surface area (Å²) in [5, 5.41) is 4.66. The van der Waals surface area contributed by atoms with Crippen molar-refractivity contribution in [3.8, 4) is 16.9 Å². The Morgan fingerprint density at radius 2 is 1.56 bits per heavy atom. The maximum absolute atomic E-state index is 12.7. The van der Waals surface area contributed by atoms with Crippen LogP contribution in [0.1, 0.15) is 23.2 Å².